The maximum atomic E-state index is 6.89. The predicted molar refractivity (Wildman–Crippen MR) is 263 cm³/mol. The van der Waals surface area contributed by atoms with E-state index in [0.717, 1.165) is 46.2 Å². The molecule has 5 aliphatic carbocycles. The third-order valence-electron chi connectivity index (χ3n) is 16.5. The number of rotatable bonds is 5. The number of nitrogens with one attached hydrogen (secondary N) is 2. The molecule has 0 radical (unpaired) electrons. The molecule has 0 saturated heterocycles. The Morgan fingerprint density at radius 2 is 1.47 bits per heavy atom. The second-order valence-corrected chi connectivity index (χ2v) is 20.1. The Kier molecular flexibility index (Phi) is 8.76. The SMILES string of the molecule is CC1(C)C2=CC3c4ccccc4C4(CCCCC4)C3CC2c2c(-c3ccc4oc5c(C6=NC(C7=CC=CCC7)NC(c7ccc(-c8ccccc8)cc7)N6)cccc5c4c3)cccc21. The van der Waals surface area contributed by atoms with Gasteiger partial charge in [0, 0.05) is 28.0 Å². The van der Waals surface area contributed by atoms with E-state index < -0.39 is 0 Å². The summed E-state index contributed by atoms with van der Waals surface area (Å²) in [5, 5.41) is 9.93. The Balaban J connectivity index is 0.883. The first-order chi connectivity index (χ1) is 31.4. The average Bonchev–Trinajstić information content (AvgIpc) is 3.94. The molecule has 4 nitrogen and oxygen atoms in total. The number of nitrogens with zero attached hydrogens (tertiary/aromatic N) is 1. The summed E-state index contributed by atoms with van der Waals surface area (Å²) in [5.41, 5.74) is 18.6. The van der Waals surface area contributed by atoms with E-state index in [1.165, 1.54) is 77.5 Å². The summed E-state index contributed by atoms with van der Waals surface area (Å²) in [7, 11) is 0. The fourth-order valence-corrected chi connectivity index (χ4v) is 13.5. The summed E-state index contributed by atoms with van der Waals surface area (Å²) in [6, 6.07) is 49.7. The lowest BCUT2D eigenvalue weighted by Gasteiger charge is -2.45. The number of hydrogen-bond donors (Lipinski definition) is 2. The molecule has 2 N–H and O–H groups in total. The Morgan fingerprint density at radius 3 is 2.31 bits per heavy atom. The van der Waals surface area contributed by atoms with E-state index in [4.69, 9.17) is 9.41 Å². The van der Waals surface area contributed by atoms with Crippen molar-refractivity contribution in [2.75, 3.05) is 0 Å². The lowest BCUT2D eigenvalue weighted by atomic mass is 9.59. The molecule has 4 heteroatoms. The summed E-state index contributed by atoms with van der Waals surface area (Å²) in [6.45, 7) is 4.97. The van der Waals surface area contributed by atoms with E-state index in [1.807, 2.05) is 0 Å². The highest BCUT2D eigenvalue weighted by Crippen LogP contribution is 2.67. The van der Waals surface area contributed by atoms with Gasteiger partial charge in [-0.25, -0.2) is 4.99 Å². The molecule has 2 heterocycles. The maximum absolute atomic E-state index is 6.89. The molecule has 64 heavy (non-hydrogen) atoms. The third-order valence-corrected chi connectivity index (χ3v) is 16.5. The summed E-state index contributed by atoms with van der Waals surface area (Å²) in [4.78, 5) is 5.39. The normalized spacial score (nSPS) is 24.9. The van der Waals surface area contributed by atoms with Crippen LogP contribution < -0.4 is 10.6 Å². The van der Waals surface area contributed by atoms with E-state index in [2.05, 4.69) is 182 Å². The van der Waals surface area contributed by atoms with E-state index in [0.29, 0.717) is 23.2 Å². The standard InChI is InChI=1S/C60H55N3O/c1-59(2)50-25-15-21-42(54(50)48-36-52-46(35-51(48)59)43-20-10-11-24-49(43)60(52)32-12-5-13-33-60)41-30-31-53-47(34-41)44-22-14-23-45(55(44)64-53)58-62-56(39-18-8-4-9-19-39)61-57(63-58)40-28-26-38(27-29-40)37-16-6-3-7-17-37/h3-4,6-8,10-11,14-18,20-31,34-35,46,48,52,56-57,61H,5,9,12-13,19,32-33,36H2,1-2H3,(H,62,63). The second kappa shape index (κ2) is 14.7. The Morgan fingerprint density at radius 1 is 0.703 bits per heavy atom. The first kappa shape index (κ1) is 38.2. The molecule has 6 aliphatic rings. The largest absolute Gasteiger partial charge is 0.455 e. The van der Waals surface area contributed by atoms with Crippen molar-refractivity contribution in [3.05, 3.63) is 202 Å². The van der Waals surface area contributed by atoms with Gasteiger partial charge in [0.05, 0.1) is 5.56 Å². The number of hydrogen-bond acceptors (Lipinski definition) is 4. The number of aliphatic imine (C=N–C) groups is 1. The van der Waals surface area contributed by atoms with Crippen LogP contribution in [0.1, 0.15) is 117 Å². The van der Waals surface area contributed by atoms with Crippen LogP contribution in [0.25, 0.3) is 44.2 Å². The number of para-hydroxylation sites is 1. The zero-order valence-corrected chi connectivity index (χ0v) is 36.9. The lowest BCUT2D eigenvalue weighted by molar-refractivity contribution is 0.177. The van der Waals surface area contributed by atoms with Crippen molar-refractivity contribution in [2.24, 2.45) is 10.9 Å². The van der Waals surface area contributed by atoms with Gasteiger partial charge in [-0.2, -0.15) is 0 Å². The van der Waals surface area contributed by atoms with Gasteiger partial charge in [0.1, 0.15) is 29.3 Å². The van der Waals surface area contributed by atoms with Gasteiger partial charge in [0.25, 0.3) is 0 Å². The van der Waals surface area contributed by atoms with Gasteiger partial charge in [0.2, 0.25) is 0 Å². The van der Waals surface area contributed by atoms with Crippen LogP contribution in [0.15, 0.2) is 178 Å². The molecule has 0 amide bonds. The first-order valence-electron chi connectivity index (χ1n) is 24.0. The van der Waals surface area contributed by atoms with Crippen LogP contribution in [0, 0.1) is 5.92 Å². The van der Waals surface area contributed by atoms with Crippen molar-refractivity contribution in [2.45, 2.75) is 100 Å². The van der Waals surface area contributed by atoms with Crippen molar-refractivity contribution < 1.29 is 4.42 Å². The fraction of sp³-hybridized carbons (Fsp3) is 0.283. The van der Waals surface area contributed by atoms with Crippen molar-refractivity contribution in [1.82, 2.24) is 10.6 Å². The quantitative estimate of drug-likeness (QED) is 0.170. The molecule has 1 fully saturated rings. The van der Waals surface area contributed by atoms with Crippen LogP contribution in [0.2, 0.25) is 0 Å². The fourth-order valence-electron chi connectivity index (χ4n) is 13.5. The molecule has 316 valence electrons. The minimum absolute atomic E-state index is 0.0221. The summed E-state index contributed by atoms with van der Waals surface area (Å²) in [5.74, 6) is 2.44. The molecule has 6 aromatic carbocycles. The summed E-state index contributed by atoms with van der Waals surface area (Å²) >= 11 is 0. The molecule has 1 aromatic heterocycles. The minimum Gasteiger partial charge on any atom is -0.455 e. The van der Waals surface area contributed by atoms with Crippen LogP contribution in [0.4, 0.5) is 0 Å². The highest BCUT2D eigenvalue weighted by atomic mass is 16.3. The lowest BCUT2D eigenvalue weighted by Crippen LogP contribution is -2.49. The molecule has 7 aromatic rings. The highest BCUT2D eigenvalue weighted by molar-refractivity contribution is 6.15. The minimum atomic E-state index is -0.156. The van der Waals surface area contributed by atoms with Crippen LogP contribution >= 0.6 is 0 Å². The Labute approximate surface area is 376 Å². The number of allylic oxidation sites excluding steroid dienone is 5. The van der Waals surface area contributed by atoms with Gasteiger partial charge in [-0.15, -0.1) is 0 Å². The Hall–Kier alpha value is -6.23. The van der Waals surface area contributed by atoms with Gasteiger partial charge in [0.15, 0.2) is 0 Å². The van der Waals surface area contributed by atoms with E-state index in [-0.39, 0.29) is 17.7 Å². The van der Waals surface area contributed by atoms with Gasteiger partial charge in [-0.05, 0) is 117 Å². The third kappa shape index (κ3) is 5.80. The smallest absolute Gasteiger partial charge is 0.146 e. The van der Waals surface area contributed by atoms with Crippen molar-refractivity contribution in [3.63, 3.8) is 0 Å². The number of furan rings is 1. The topological polar surface area (TPSA) is 49.6 Å². The first-order valence-corrected chi connectivity index (χ1v) is 24.0. The predicted octanol–water partition coefficient (Wildman–Crippen LogP) is 14.5. The average molecular weight is 834 g/mol. The molecule has 0 bridgehead atoms. The van der Waals surface area contributed by atoms with Gasteiger partial charge < -0.3 is 9.73 Å². The Bertz CT molecular complexity index is 3120. The molecule has 5 unspecified atom stereocenters. The van der Waals surface area contributed by atoms with Gasteiger partial charge >= 0.3 is 0 Å². The van der Waals surface area contributed by atoms with Crippen molar-refractivity contribution >= 4 is 27.8 Å². The highest BCUT2D eigenvalue weighted by Gasteiger charge is 2.56. The molecule has 1 aliphatic heterocycles. The van der Waals surface area contributed by atoms with Crippen molar-refractivity contribution in [3.8, 4) is 22.3 Å². The summed E-state index contributed by atoms with van der Waals surface area (Å²) in [6.07, 6.45) is 19.1. The van der Waals surface area contributed by atoms with Crippen molar-refractivity contribution in [1.29, 1.82) is 0 Å². The molecular weight excluding hydrogens is 779 g/mol. The second-order valence-electron chi connectivity index (χ2n) is 20.1. The van der Waals surface area contributed by atoms with Gasteiger partial charge in [-0.3, -0.25) is 5.32 Å². The maximum Gasteiger partial charge on any atom is 0.146 e. The number of fused-ring (bicyclic) bond motifs is 11. The van der Waals surface area contributed by atoms with Crippen LogP contribution in [0.3, 0.4) is 0 Å². The van der Waals surface area contributed by atoms with Crippen LogP contribution in [0.5, 0.6) is 0 Å². The molecule has 1 saturated carbocycles. The molecular formula is C60H55N3O. The van der Waals surface area contributed by atoms with Crippen LogP contribution in [-0.2, 0) is 10.8 Å². The van der Waals surface area contributed by atoms with E-state index >= 15 is 0 Å². The van der Waals surface area contributed by atoms with Crippen LogP contribution in [-0.4, -0.2) is 12.0 Å². The zero-order valence-electron chi connectivity index (χ0n) is 36.9. The molecule has 1 spiro atoms. The van der Waals surface area contributed by atoms with E-state index in [1.54, 1.807) is 22.3 Å². The number of amidine groups is 1. The summed E-state index contributed by atoms with van der Waals surface area (Å²) < 4.78 is 6.89. The van der Waals surface area contributed by atoms with E-state index in [9.17, 15) is 0 Å². The zero-order chi connectivity index (χ0) is 42.6. The number of benzene rings is 6. The van der Waals surface area contributed by atoms with Gasteiger partial charge in [-0.1, -0.05) is 178 Å². The monoisotopic (exact) mass is 833 g/mol. The molecule has 13 rings (SSSR count). The molecule has 5 atom stereocenters.